The van der Waals surface area contributed by atoms with Crippen molar-refractivity contribution in [1.29, 1.82) is 0 Å². The molecule has 0 spiro atoms. The van der Waals surface area contributed by atoms with Gasteiger partial charge in [0.1, 0.15) is 13.1 Å². The third-order valence-electron chi connectivity index (χ3n) is 2.62. The first-order chi connectivity index (χ1) is 9.69. The number of carbonyl (C=O) groups is 2. The second-order valence-corrected chi connectivity index (χ2v) is 4.50. The molecule has 1 aromatic carbocycles. The zero-order valence-electron chi connectivity index (χ0n) is 11.0. The summed E-state index contributed by atoms with van der Waals surface area (Å²) in [5.74, 6) is -2.57. The van der Waals surface area contributed by atoms with Gasteiger partial charge in [0.25, 0.3) is 0 Å². The number of amides is 1. The van der Waals surface area contributed by atoms with Crippen LogP contribution in [0.1, 0.15) is 5.56 Å². The summed E-state index contributed by atoms with van der Waals surface area (Å²) in [6.45, 7) is -2.68. The van der Waals surface area contributed by atoms with E-state index in [-0.39, 0.29) is 11.3 Å². The maximum absolute atomic E-state index is 12.4. The molecule has 0 aliphatic heterocycles. The Bertz CT molecular complexity index is 491. The van der Waals surface area contributed by atoms with Crippen LogP contribution in [0.25, 0.3) is 0 Å². The lowest BCUT2D eigenvalue weighted by Gasteiger charge is -2.25. The number of benzene rings is 1. The number of hydrogen-bond acceptors (Lipinski definition) is 3. The van der Waals surface area contributed by atoms with E-state index in [4.69, 9.17) is 10.8 Å². The largest absolute Gasteiger partial charge is 0.480 e. The van der Waals surface area contributed by atoms with Crippen molar-refractivity contribution in [2.45, 2.75) is 18.6 Å². The van der Waals surface area contributed by atoms with Crippen molar-refractivity contribution in [3.8, 4) is 0 Å². The minimum absolute atomic E-state index is 0.0354. The van der Waals surface area contributed by atoms with E-state index < -0.39 is 37.2 Å². The molecule has 1 unspecified atom stereocenters. The van der Waals surface area contributed by atoms with Crippen LogP contribution < -0.4 is 5.73 Å². The van der Waals surface area contributed by atoms with Crippen molar-refractivity contribution >= 4 is 11.9 Å². The molecule has 0 aromatic heterocycles. The second kappa shape index (κ2) is 7.07. The second-order valence-electron chi connectivity index (χ2n) is 4.50. The van der Waals surface area contributed by atoms with Crippen molar-refractivity contribution < 1.29 is 27.9 Å². The minimum Gasteiger partial charge on any atom is -0.480 e. The van der Waals surface area contributed by atoms with E-state index in [9.17, 15) is 22.8 Å². The van der Waals surface area contributed by atoms with Gasteiger partial charge in [-0.1, -0.05) is 30.3 Å². The van der Waals surface area contributed by atoms with Gasteiger partial charge in [-0.05, 0) is 12.0 Å². The Morgan fingerprint density at radius 1 is 1.24 bits per heavy atom. The van der Waals surface area contributed by atoms with Gasteiger partial charge in [0.15, 0.2) is 0 Å². The number of hydrogen-bond donors (Lipinski definition) is 2. The highest BCUT2D eigenvalue weighted by Gasteiger charge is 2.35. The fraction of sp³-hybridized carbons (Fsp3) is 0.385. The van der Waals surface area contributed by atoms with Crippen LogP contribution in [-0.2, 0) is 16.0 Å². The summed E-state index contributed by atoms with van der Waals surface area (Å²) in [6, 6.07) is 7.29. The Kier molecular flexibility index (Phi) is 5.71. The molecule has 1 rings (SSSR count). The standard InChI is InChI=1S/C13H15F3N2O3/c14-13(15,16)8-18(7-11(19)20)12(21)10(17)6-9-4-2-1-3-5-9/h1-5,10H,6-8,17H2,(H,19,20). The van der Waals surface area contributed by atoms with Crippen LogP contribution >= 0.6 is 0 Å². The maximum atomic E-state index is 12.4. The number of aliphatic carboxylic acids is 1. The SMILES string of the molecule is NC(Cc1ccccc1)C(=O)N(CC(=O)O)CC(F)(F)F. The number of halogens is 3. The summed E-state index contributed by atoms with van der Waals surface area (Å²) in [7, 11) is 0. The normalized spacial score (nSPS) is 12.8. The van der Waals surface area contributed by atoms with Gasteiger partial charge in [0, 0.05) is 0 Å². The zero-order valence-corrected chi connectivity index (χ0v) is 11.0. The Labute approximate surface area is 119 Å². The smallest absolute Gasteiger partial charge is 0.406 e. The van der Waals surface area contributed by atoms with Crippen LogP contribution in [0.3, 0.4) is 0 Å². The van der Waals surface area contributed by atoms with Crippen molar-refractivity contribution in [1.82, 2.24) is 4.90 Å². The fourth-order valence-electron chi connectivity index (χ4n) is 1.78. The topological polar surface area (TPSA) is 83.6 Å². The number of nitrogens with two attached hydrogens (primary N) is 1. The number of carbonyl (C=O) groups excluding carboxylic acids is 1. The summed E-state index contributed by atoms with van der Waals surface area (Å²) in [5, 5.41) is 8.60. The van der Waals surface area contributed by atoms with Gasteiger partial charge in [-0.2, -0.15) is 13.2 Å². The number of carboxylic acids is 1. The van der Waals surface area contributed by atoms with Crippen LogP contribution in [0.4, 0.5) is 13.2 Å². The van der Waals surface area contributed by atoms with E-state index in [2.05, 4.69) is 0 Å². The Morgan fingerprint density at radius 3 is 2.29 bits per heavy atom. The van der Waals surface area contributed by atoms with Gasteiger partial charge in [0.05, 0.1) is 6.04 Å². The predicted octanol–water partition coefficient (Wildman–Crippen LogP) is 1.03. The average molecular weight is 304 g/mol. The van der Waals surface area contributed by atoms with Crippen LogP contribution in [0.2, 0.25) is 0 Å². The lowest BCUT2D eigenvalue weighted by molar-refractivity contribution is -0.166. The molecule has 116 valence electrons. The predicted molar refractivity (Wildman–Crippen MR) is 68.4 cm³/mol. The first kappa shape index (κ1) is 17.0. The average Bonchev–Trinajstić information content (AvgIpc) is 2.36. The third kappa shape index (κ3) is 6.26. The zero-order chi connectivity index (χ0) is 16.0. The van der Waals surface area contributed by atoms with E-state index in [1.165, 1.54) is 0 Å². The molecule has 0 heterocycles. The Morgan fingerprint density at radius 2 is 1.81 bits per heavy atom. The molecule has 0 radical (unpaired) electrons. The first-order valence-electron chi connectivity index (χ1n) is 6.06. The summed E-state index contributed by atoms with van der Waals surface area (Å²) in [5.41, 5.74) is 6.27. The van der Waals surface area contributed by atoms with Crippen LogP contribution in [0.5, 0.6) is 0 Å². The maximum Gasteiger partial charge on any atom is 0.406 e. The molecule has 0 saturated carbocycles. The number of carboxylic acid groups (broad SMARTS) is 1. The van der Waals surface area contributed by atoms with Crippen molar-refractivity contribution in [2.24, 2.45) is 5.73 Å². The van der Waals surface area contributed by atoms with Crippen molar-refractivity contribution in [3.63, 3.8) is 0 Å². The molecule has 0 aliphatic rings. The van der Waals surface area contributed by atoms with Crippen molar-refractivity contribution in [3.05, 3.63) is 35.9 Å². The van der Waals surface area contributed by atoms with Gasteiger partial charge in [0.2, 0.25) is 5.91 Å². The minimum atomic E-state index is -4.68. The highest BCUT2D eigenvalue weighted by molar-refractivity contribution is 5.85. The molecule has 0 bridgehead atoms. The monoisotopic (exact) mass is 304 g/mol. The third-order valence-corrected chi connectivity index (χ3v) is 2.62. The van der Waals surface area contributed by atoms with Crippen molar-refractivity contribution in [2.75, 3.05) is 13.1 Å². The fourth-order valence-corrected chi connectivity index (χ4v) is 1.78. The summed E-state index contributed by atoms with van der Waals surface area (Å²) >= 11 is 0. The molecule has 21 heavy (non-hydrogen) atoms. The molecule has 1 aromatic rings. The van der Waals surface area contributed by atoms with Gasteiger partial charge in [-0.3, -0.25) is 9.59 Å². The molecule has 8 heteroatoms. The van der Waals surface area contributed by atoms with Crippen LogP contribution in [-0.4, -0.2) is 47.2 Å². The Balaban J connectivity index is 2.76. The molecule has 3 N–H and O–H groups in total. The van der Waals surface area contributed by atoms with E-state index in [1.54, 1.807) is 30.3 Å². The summed E-state index contributed by atoms with van der Waals surface area (Å²) < 4.78 is 37.1. The van der Waals surface area contributed by atoms with Crippen LogP contribution in [0, 0.1) is 0 Å². The molecule has 1 amide bonds. The summed E-state index contributed by atoms with van der Waals surface area (Å²) in [6.07, 6.45) is -4.65. The quantitative estimate of drug-likeness (QED) is 0.822. The highest BCUT2D eigenvalue weighted by Crippen LogP contribution is 2.17. The summed E-state index contributed by atoms with van der Waals surface area (Å²) in [4.78, 5) is 22.7. The molecular formula is C13H15F3N2O3. The van der Waals surface area contributed by atoms with Gasteiger partial charge in [-0.15, -0.1) is 0 Å². The molecule has 0 aliphatic carbocycles. The molecule has 1 atom stereocenters. The van der Waals surface area contributed by atoms with E-state index >= 15 is 0 Å². The van der Waals surface area contributed by atoms with E-state index in [0.717, 1.165) is 0 Å². The lowest BCUT2D eigenvalue weighted by atomic mass is 10.1. The van der Waals surface area contributed by atoms with Crippen LogP contribution in [0.15, 0.2) is 30.3 Å². The van der Waals surface area contributed by atoms with Gasteiger partial charge >= 0.3 is 12.1 Å². The lowest BCUT2D eigenvalue weighted by Crippen LogP contribution is -2.50. The molecule has 0 saturated heterocycles. The highest BCUT2D eigenvalue weighted by atomic mass is 19.4. The van der Waals surface area contributed by atoms with E-state index in [1.807, 2.05) is 0 Å². The first-order valence-corrected chi connectivity index (χ1v) is 6.06. The number of alkyl halides is 3. The van der Waals surface area contributed by atoms with Gasteiger partial charge < -0.3 is 15.7 Å². The number of rotatable bonds is 6. The van der Waals surface area contributed by atoms with Gasteiger partial charge in [-0.25, -0.2) is 0 Å². The molecule has 0 fully saturated rings. The molecular weight excluding hydrogens is 289 g/mol. The number of nitrogens with zero attached hydrogens (tertiary/aromatic N) is 1. The molecule has 5 nitrogen and oxygen atoms in total. The van der Waals surface area contributed by atoms with E-state index in [0.29, 0.717) is 5.56 Å². The Hall–Kier alpha value is -2.09.